The summed E-state index contributed by atoms with van der Waals surface area (Å²) in [6, 6.07) is 0. The highest BCUT2D eigenvalue weighted by Gasteiger charge is 2.36. The molecule has 0 aromatic carbocycles. The van der Waals surface area contributed by atoms with Gasteiger partial charge in [-0.25, -0.2) is 4.79 Å². The number of allylic oxidation sites excluding steroid dienone is 2. The van der Waals surface area contributed by atoms with Crippen molar-refractivity contribution in [3.63, 3.8) is 0 Å². The van der Waals surface area contributed by atoms with Crippen LogP contribution < -0.4 is 0 Å². The predicted molar refractivity (Wildman–Crippen MR) is 81.3 cm³/mol. The second kappa shape index (κ2) is 4.92. The summed E-state index contributed by atoms with van der Waals surface area (Å²) in [5.41, 5.74) is 3.27. The van der Waals surface area contributed by atoms with E-state index in [-0.39, 0.29) is 5.97 Å². The highest BCUT2D eigenvalue weighted by Crippen LogP contribution is 2.48. The third kappa shape index (κ3) is 1.82. The van der Waals surface area contributed by atoms with Gasteiger partial charge in [0, 0.05) is 48.4 Å². The van der Waals surface area contributed by atoms with Crippen LogP contribution in [0.5, 0.6) is 0 Å². The molecule has 1 aromatic heterocycles. The average Bonchev–Trinajstić information content (AvgIpc) is 2.81. The quantitative estimate of drug-likeness (QED) is 0.454. The van der Waals surface area contributed by atoms with Gasteiger partial charge in [-0.15, -0.1) is 0 Å². The number of fused-ring (bicyclic) bond motifs is 1. The summed E-state index contributed by atoms with van der Waals surface area (Å²) in [5, 5.41) is 0. The first-order chi connectivity index (χ1) is 8.76. The van der Waals surface area contributed by atoms with Crippen LogP contribution in [0.25, 0.3) is 0 Å². The molecule has 0 saturated carbocycles. The molecule has 0 N–H and O–H groups in total. The summed E-state index contributed by atoms with van der Waals surface area (Å²) in [6.07, 6.45) is 9.00. The lowest BCUT2D eigenvalue weighted by atomic mass is 9.72. The molecule has 2 unspecified atom stereocenters. The van der Waals surface area contributed by atoms with Crippen LogP contribution in [0.4, 0.5) is 0 Å². The maximum atomic E-state index is 12.1. The number of rotatable bonds is 3. The fourth-order valence-corrected chi connectivity index (χ4v) is 4.30. The minimum Gasteiger partial charge on any atom is -0.461 e. The largest absolute Gasteiger partial charge is 0.461 e. The Balaban J connectivity index is 2.11. The highest BCUT2D eigenvalue weighted by molar-refractivity contribution is 14.2. The fraction of sp³-hybridized carbons (Fsp3) is 0.462. The topological polar surface area (TPSA) is 31.2 Å². The molecule has 0 fully saturated rings. The Hall–Kier alpha value is -0.430. The van der Waals surface area contributed by atoms with Crippen LogP contribution in [-0.4, -0.2) is 16.5 Å². The molecule has 1 heterocycles. The zero-order chi connectivity index (χ0) is 12.7. The van der Waals surface area contributed by atoms with E-state index in [4.69, 9.17) is 4.74 Å². The predicted octanol–water partition coefficient (Wildman–Crippen LogP) is 4.04. The van der Waals surface area contributed by atoms with Crippen LogP contribution in [0.3, 0.4) is 0 Å². The summed E-state index contributed by atoms with van der Waals surface area (Å²) in [5.74, 6) is 0.695. The van der Waals surface area contributed by atoms with Crippen LogP contribution in [0.2, 0.25) is 0 Å². The Kier molecular flexibility index (Phi) is 3.44. The maximum Gasteiger partial charge on any atom is 0.356 e. The number of carbonyl (C=O) groups excluding carboxylic acids is 1. The molecule has 0 aliphatic heterocycles. The number of halogens is 1. The minimum atomic E-state index is -0.191. The molecule has 96 valence electrons. The van der Waals surface area contributed by atoms with Gasteiger partial charge in [0.2, 0.25) is 0 Å². The van der Waals surface area contributed by atoms with Crippen LogP contribution >= 0.6 is 30.3 Å². The number of hydrogen-bond donors (Lipinski definition) is 0. The van der Waals surface area contributed by atoms with Gasteiger partial charge in [0.1, 0.15) is 5.69 Å². The van der Waals surface area contributed by atoms with Crippen LogP contribution in [0.15, 0.2) is 18.3 Å². The monoisotopic (exact) mass is 375 g/mol. The van der Waals surface area contributed by atoms with E-state index in [1.165, 1.54) is 26.7 Å². The van der Waals surface area contributed by atoms with E-state index in [1.807, 2.05) is 10.9 Å². The lowest BCUT2D eigenvalue weighted by molar-refractivity contribution is 0.0517. The molecule has 0 amide bonds. The highest BCUT2D eigenvalue weighted by atomic mass is 127. The van der Waals surface area contributed by atoms with Crippen LogP contribution in [0.1, 0.15) is 53.2 Å². The van der Waals surface area contributed by atoms with Crippen molar-refractivity contribution in [1.29, 1.82) is 0 Å². The average molecular weight is 375 g/mol. The van der Waals surface area contributed by atoms with Crippen molar-refractivity contribution in [3.8, 4) is 0 Å². The van der Waals surface area contributed by atoms with Crippen molar-refractivity contribution < 1.29 is 9.53 Å². The first-order valence-corrected chi connectivity index (χ1v) is 9.47. The van der Waals surface area contributed by atoms with E-state index in [0.717, 1.165) is 12.1 Å². The van der Waals surface area contributed by atoms with Gasteiger partial charge < -0.3 is 4.74 Å². The normalized spacial score (nSPS) is 24.1. The number of nitrogens with zero attached hydrogens (tertiary/aromatic N) is 1. The molecular formula is C13H14INO2S. The zero-order valence-corrected chi connectivity index (χ0v) is 13.0. The van der Waals surface area contributed by atoms with Gasteiger partial charge >= 0.3 is 5.97 Å². The molecule has 0 spiro atoms. The summed E-state index contributed by atoms with van der Waals surface area (Å²) in [6.45, 7) is 2.27. The zero-order valence-electron chi connectivity index (χ0n) is 10.1. The van der Waals surface area contributed by atoms with E-state index in [1.54, 1.807) is 0 Å². The molecule has 3 aliphatic carbocycles. The van der Waals surface area contributed by atoms with Gasteiger partial charge in [-0.05, 0) is 30.9 Å². The van der Waals surface area contributed by atoms with Gasteiger partial charge in [0.05, 0.1) is 6.61 Å². The Labute approximate surface area is 123 Å². The Morgan fingerprint density at radius 1 is 1.50 bits per heavy atom. The van der Waals surface area contributed by atoms with Gasteiger partial charge in [-0.3, -0.25) is 3.97 Å². The minimum absolute atomic E-state index is 0.191. The molecule has 0 radical (unpaired) electrons. The van der Waals surface area contributed by atoms with Gasteiger partial charge in [0.25, 0.3) is 0 Å². The van der Waals surface area contributed by atoms with E-state index in [2.05, 4.69) is 39.6 Å². The SMILES string of the molecule is CCOC(=O)c1c2c(cn1SI)C1C=CC2CC1. The van der Waals surface area contributed by atoms with Crippen molar-refractivity contribution in [1.82, 2.24) is 3.97 Å². The van der Waals surface area contributed by atoms with Gasteiger partial charge in [0.15, 0.2) is 0 Å². The van der Waals surface area contributed by atoms with Crippen molar-refractivity contribution in [2.24, 2.45) is 0 Å². The number of esters is 1. The van der Waals surface area contributed by atoms with Crippen molar-refractivity contribution in [3.05, 3.63) is 35.2 Å². The lowest BCUT2D eigenvalue weighted by Gasteiger charge is -2.31. The second-order valence-corrected chi connectivity index (χ2v) is 6.35. The van der Waals surface area contributed by atoms with E-state index in [0.29, 0.717) is 18.4 Å². The third-order valence-corrected chi connectivity index (χ3v) is 5.43. The van der Waals surface area contributed by atoms with Gasteiger partial charge in [-0.2, -0.15) is 0 Å². The summed E-state index contributed by atoms with van der Waals surface area (Å²) in [7, 11) is 1.53. The Bertz CT molecular complexity index is 523. The molecule has 18 heavy (non-hydrogen) atoms. The smallest absolute Gasteiger partial charge is 0.356 e. The van der Waals surface area contributed by atoms with Crippen molar-refractivity contribution in [2.75, 3.05) is 6.61 Å². The Morgan fingerprint density at radius 3 is 2.83 bits per heavy atom. The summed E-state index contributed by atoms with van der Waals surface area (Å²) in [4.78, 5) is 12.1. The maximum absolute atomic E-state index is 12.1. The molecule has 3 nitrogen and oxygen atoms in total. The first kappa shape index (κ1) is 12.6. The number of aromatic nitrogens is 1. The number of hydrogen-bond acceptors (Lipinski definition) is 3. The van der Waals surface area contributed by atoms with Crippen molar-refractivity contribution in [2.45, 2.75) is 31.6 Å². The molecule has 3 aliphatic rings. The van der Waals surface area contributed by atoms with Crippen LogP contribution in [0, 0.1) is 0 Å². The molecule has 2 bridgehead atoms. The molecule has 1 aromatic rings. The Morgan fingerprint density at radius 2 is 2.22 bits per heavy atom. The number of ether oxygens (including phenoxy) is 1. The van der Waals surface area contributed by atoms with E-state index >= 15 is 0 Å². The van der Waals surface area contributed by atoms with E-state index in [9.17, 15) is 4.79 Å². The molecule has 2 atom stereocenters. The molecular weight excluding hydrogens is 361 g/mol. The summed E-state index contributed by atoms with van der Waals surface area (Å²) < 4.78 is 7.16. The molecule has 4 rings (SSSR count). The van der Waals surface area contributed by atoms with Crippen molar-refractivity contribution >= 4 is 36.3 Å². The van der Waals surface area contributed by atoms with Crippen LogP contribution in [-0.2, 0) is 4.74 Å². The molecule has 0 saturated heterocycles. The lowest BCUT2D eigenvalue weighted by Crippen LogP contribution is -2.19. The van der Waals surface area contributed by atoms with Gasteiger partial charge in [-0.1, -0.05) is 12.2 Å². The van der Waals surface area contributed by atoms with E-state index < -0.39 is 0 Å². The first-order valence-electron chi connectivity index (χ1n) is 6.16. The molecule has 5 heteroatoms. The summed E-state index contributed by atoms with van der Waals surface area (Å²) >= 11 is 2.21. The second-order valence-electron chi connectivity index (χ2n) is 4.64. The fourth-order valence-electron chi connectivity index (χ4n) is 2.97. The standard InChI is InChI=1S/C13H14INO2S/c1-2-17-13(16)12-11-9-5-3-8(4-6-9)10(11)7-15(12)18-14/h3,5,7-9H,2,4,6H2,1H3. The third-order valence-electron chi connectivity index (χ3n) is 3.72. The number of carbonyl (C=O) groups is 1.